The summed E-state index contributed by atoms with van der Waals surface area (Å²) in [6, 6.07) is 5.47. The molecule has 0 bridgehead atoms. The molecule has 1 aromatic rings. The molecule has 0 N–H and O–H groups in total. The quantitative estimate of drug-likeness (QED) is 0.654. The Balaban J connectivity index is 0.000000921. The Kier molecular flexibility index (Phi) is 5.56. The Morgan fingerprint density at radius 2 is 1.73 bits per heavy atom. The van der Waals surface area contributed by atoms with Gasteiger partial charge >= 0.3 is 0 Å². The minimum Gasteiger partial charge on any atom is -0.207 e. The molecule has 0 nitrogen and oxygen atoms in total. The molecule has 0 aliphatic rings. The molecule has 0 saturated carbocycles. The lowest BCUT2D eigenvalue weighted by atomic mass is 9.81. The molecule has 0 atom stereocenters. The maximum atomic E-state index is 13.5. The van der Waals surface area contributed by atoms with Gasteiger partial charge in [0.15, 0.2) is 0 Å². The fourth-order valence-electron chi connectivity index (χ4n) is 1.36. The highest BCUT2D eigenvalue weighted by Gasteiger charge is 2.21. The van der Waals surface area contributed by atoms with Gasteiger partial charge in [0, 0.05) is 0 Å². The van der Waals surface area contributed by atoms with Crippen molar-refractivity contribution in [2.45, 2.75) is 53.4 Å². The Hall–Kier alpha value is -0.850. The monoisotopic (exact) mass is 210 g/mol. The van der Waals surface area contributed by atoms with Gasteiger partial charge in [-0.05, 0) is 36.0 Å². The minimum absolute atomic E-state index is 0.0578. The van der Waals surface area contributed by atoms with Crippen molar-refractivity contribution in [2.24, 2.45) is 0 Å². The molecule has 0 radical (unpaired) electrons. The summed E-state index contributed by atoms with van der Waals surface area (Å²) in [7, 11) is 0. The first kappa shape index (κ1) is 14.2. The largest absolute Gasteiger partial charge is 0.207 e. The highest BCUT2D eigenvalue weighted by molar-refractivity contribution is 5.29. The lowest BCUT2D eigenvalue weighted by Crippen LogP contribution is -2.17. The molecule has 1 heteroatoms. The van der Waals surface area contributed by atoms with E-state index in [1.807, 2.05) is 32.9 Å². The average Bonchev–Trinajstić information content (AvgIpc) is 2.20. The molecule has 0 spiro atoms. The van der Waals surface area contributed by atoms with E-state index in [0.717, 1.165) is 17.5 Å². The SMILES string of the molecule is CC.CCC(C)(C)c1ccc(C)cc1F. The van der Waals surface area contributed by atoms with E-state index in [4.69, 9.17) is 0 Å². The fourth-order valence-corrected chi connectivity index (χ4v) is 1.36. The molecule has 0 fully saturated rings. The molecule has 1 aromatic carbocycles. The van der Waals surface area contributed by atoms with Gasteiger partial charge in [-0.25, -0.2) is 4.39 Å². The molecule has 0 aliphatic carbocycles. The Morgan fingerprint density at radius 1 is 1.20 bits per heavy atom. The summed E-state index contributed by atoms with van der Waals surface area (Å²) < 4.78 is 13.5. The lowest BCUT2D eigenvalue weighted by Gasteiger charge is -2.23. The molecule has 0 heterocycles. The summed E-state index contributed by atoms with van der Waals surface area (Å²) in [5, 5.41) is 0. The zero-order valence-corrected chi connectivity index (χ0v) is 10.8. The number of halogens is 1. The van der Waals surface area contributed by atoms with E-state index in [9.17, 15) is 4.39 Å². The predicted molar refractivity (Wildman–Crippen MR) is 65.8 cm³/mol. The van der Waals surface area contributed by atoms with Crippen LogP contribution in [0.2, 0.25) is 0 Å². The number of rotatable bonds is 2. The second-order valence-electron chi connectivity index (χ2n) is 4.22. The highest BCUT2D eigenvalue weighted by Crippen LogP contribution is 2.29. The van der Waals surface area contributed by atoms with E-state index >= 15 is 0 Å². The van der Waals surface area contributed by atoms with Gasteiger partial charge in [0.2, 0.25) is 0 Å². The van der Waals surface area contributed by atoms with Crippen LogP contribution in [0.4, 0.5) is 4.39 Å². The second-order valence-corrected chi connectivity index (χ2v) is 4.22. The molecule has 1 rings (SSSR count). The van der Waals surface area contributed by atoms with Gasteiger partial charge in [0.05, 0.1) is 0 Å². The molecular formula is C14H23F. The zero-order chi connectivity index (χ0) is 12.1. The number of hydrogen-bond donors (Lipinski definition) is 0. The van der Waals surface area contributed by atoms with Crippen molar-refractivity contribution < 1.29 is 4.39 Å². The van der Waals surface area contributed by atoms with E-state index in [-0.39, 0.29) is 11.2 Å². The first-order valence-corrected chi connectivity index (χ1v) is 5.74. The minimum atomic E-state index is -0.0770. The van der Waals surface area contributed by atoms with Crippen LogP contribution in [0.1, 0.15) is 52.2 Å². The third kappa shape index (κ3) is 3.65. The molecule has 0 unspecified atom stereocenters. The molecular weight excluding hydrogens is 187 g/mol. The van der Waals surface area contributed by atoms with Gasteiger partial charge in [-0.15, -0.1) is 0 Å². The van der Waals surface area contributed by atoms with E-state index in [1.165, 1.54) is 0 Å². The molecule has 0 aromatic heterocycles. The van der Waals surface area contributed by atoms with Crippen molar-refractivity contribution in [2.75, 3.05) is 0 Å². The van der Waals surface area contributed by atoms with Crippen LogP contribution >= 0.6 is 0 Å². The topological polar surface area (TPSA) is 0 Å². The van der Waals surface area contributed by atoms with Crippen molar-refractivity contribution in [1.82, 2.24) is 0 Å². The third-order valence-electron chi connectivity index (χ3n) is 2.74. The Labute approximate surface area is 93.5 Å². The second kappa shape index (κ2) is 5.89. The van der Waals surface area contributed by atoms with Crippen LogP contribution in [0.25, 0.3) is 0 Å². The summed E-state index contributed by atoms with van der Waals surface area (Å²) in [5.74, 6) is -0.0770. The first-order valence-electron chi connectivity index (χ1n) is 5.74. The lowest BCUT2D eigenvalue weighted by molar-refractivity contribution is 0.469. The van der Waals surface area contributed by atoms with Gasteiger partial charge in [0.1, 0.15) is 5.82 Å². The van der Waals surface area contributed by atoms with Gasteiger partial charge in [0.25, 0.3) is 0 Å². The zero-order valence-electron chi connectivity index (χ0n) is 10.8. The van der Waals surface area contributed by atoms with E-state index in [1.54, 1.807) is 6.07 Å². The van der Waals surface area contributed by atoms with Crippen molar-refractivity contribution in [3.63, 3.8) is 0 Å². The molecule has 0 amide bonds. The van der Waals surface area contributed by atoms with Crippen LogP contribution in [0.5, 0.6) is 0 Å². The maximum Gasteiger partial charge on any atom is 0.127 e. The van der Waals surface area contributed by atoms with Crippen LogP contribution in [0, 0.1) is 12.7 Å². The molecule has 86 valence electrons. The van der Waals surface area contributed by atoms with E-state index in [0.29, 0.717) is 0 Å². The van der Waals surface area contributed by atoms with Crippen molar-refractivity contribution in [3.05, 3.63) is 35.1 Å². The maximum absolute atomic E-state index is 13.5. The summed E-state index contributed by atoms with van der Waals surface area (Å²) >= 11 is 0. The Bertz CT molecular complexity index is 300. The first-order chi connectivity index (χ1) is 6.97. The van der Waals surface area contributed by atoms with Gasteiger partial charge in [-0.2, -0.15) is 0 Å². The summed E-state index contributed by atoms with van der Waals surface area (Å²) in [6.45, 7) is 12.1. The number of aryl methyl sites for hydroxylation is 1. The summed E-state index contributed by atoms with van der Waals surface area (Å²) in [5.41, 5.74) is 1.74. The van der Waals surface area contributed by atoms with Gasteiger partial charge in [-0.1, -0.05) is 46.8 Å². The highest BCUT2D eigenvalue weighted by atomic mass is 19.1. The van der Waals surface area contributed by atoms with Crippen molar-refractivity contribution in [1.29, 1.82) is 0 Å². The summed E-state index contributed by atoms with van der Waals surface area (Å²) in [4.78, 5) is 0. The molecule has 15 heavy (non-hydrogen) atoms. The van der Waals surface area contributed by atoms with Gasteiger partial charge in [-0.3, -0.25) is 0 Å². The Morgan fingerprint density at radius 3 is 2.13 bits per heavy atom. The van der Waals surface area contributed by atoms with Gasteiger partial charge < -0.3 is 0 Å². The van der Waals surface area contributed by atoms with Crippen LogP contribution in [-0.2, 0) is 5.41 Å². The van der Waals surface area contributed by atoms with Crippen LogP contribution in [0.3, 0.4) is 0 Å². The van der Waals surface area contributed by atoms with Crippen molar-refractivity contribution >= 4 is 0 Å². The van der Waals surface area contributed by atoms with E-state index in [2.05, 4.69) is 20.8 Å². The fraction of sp³-hybridized carbons (Fsp3) is 0.571. The van der Waals surface area contributed by atoms with Crippen LogP contribution < -0.4 is 0 Å². The standard InChI is InChI=1S/C12H17F.C2H6/c1-5-12(3,4)10-7-6-9(2)8-11(10)13;1-2/h6-8H,5H2,1-4H3;1-2H3. The number of hydrogen-bond acceptors (Lipinski definition) is 0. The molecule has 0 aliphatic heterocycles. The smallest absolute Gasteiger partial charge is 0.127 e. The van der Waals surface area contributed by atoms with Crippen LogP contribution in [-0.4, -0.2) is 0 Å². The predicted octanol–water partition coefficient (Wildman–Crippen LogP) is 4.85. The number of benzene rings is 1. The van der Waals surface area contributed by atoms with Crippen LogP contribution in [0.15, 0.2) is 18.2 Å². The third-order valence-corrected chi connectivity index (χ3v) is 2.74. The average molecular weight is 210 g/mol. The normalized spacial score (nSPS) is 10.6. The molecule has 0 saturated heterocycles. The van der Waals surface area contributed by atoms with E-state index < -0.39 is 0 Å². The van der Waals surface area contributed by atoms with Crippen molar-refractivity contribution in [3.8, 4) is 0 Å². The summed E-state index contributed by atoms with van der Waals surface area (Å²) in [6.07, 6.45) is 0.951.